The van der Waals surface area contributed by atoms with E-state index in [0.29, 0.717) is 25.1 Å². The first kappa shape index (κ1) is 13.7. The molecule has 1 aliphatic rings. The van der Waals surface area contributed by atoms with Gasteiger partial charge in [-0.25, -0.2) is 4.99 Å². The first-order chi connectivity index (χ1) is 9.24. The lowest BCUT2D eigenvalue weighted by molar-refractivity contribution is -0.120. The molecule has 2 N–H and O–H groups in total. The van der Waals surface area contributed by atoms with Crippen molar-refractivity contribution in [2.45, 2.75) is 6.92 Å². The molecule has 0 spiro atoms. The molecule has 0 aromatic heterocycles. The third-order valence-electron chi connectivity index (χ3n) is 2.89. The summed E-state index contributed by atoms with van der Waals surface area (Å²) >= 11 is 0. The van der Waals surface area contributed by atoms with Crippen LogP contribution < -0.4 is 20.6 Å². The summed E-state index contributed by atoms with van der Waals surface area (Å²) in [5, 5.41) is 13.3. The third-order valence-corrected chi connectivity index (χ3v) is 2.89. The molecule has 1 heterocycles. The highest BCUT2D eigenvalue weighted by molar-refractivity contribution is 5.86. The lowest BCUT2D eigenvalue weighted by Crippen LogP contribution is -2.38. The number of nitrogens with one attached hydrogen (secondary N) is 1. The Kier molecular flexibility index (Phi) is 4.65. The van der Waals surface area contributed by atoms with Gasteiger partial charge in [0.05, 0.1) is 24.5 Å². The van der Waals surface area contributed by atoms with E-state index in [1.165, 1.54) is 0 Å². The molecule has 5 nitrogen and oxygen atoms in total. The zero-order chi connectivity index (χ0) is 13.7. The Hall–Kier alpha value is -1.72. The number of ether oxygens (including phenoxy) is 1. The number of carbonyl (C=O) groups excluding carboxylic acids is 1. The minimum absolute atomic E-state index is 0.0587. The first-order valence-electron chi connectivity index (χ1n) is 6.43. The molecule has 0 bridgehead atoms. The molecule has 0 saturated heterocycles. The van der Waals surface area contributed by atoms with E-state index >= 15 is 0 Å². The highest BCUT2D eigenvalue weighted by Gasteiger charge is 2.17. The number of hydrogen-bond acceptors (Lipinski definition) is 4. The van der Waals surface area contributed by atoms with Crippen molar-refractivity contribution < 1.29 is 14.6 Å². The van der Waals surface area contributed by atoms with Gasteiger partial charge in [-0.05, 0) is 25.1 Å². The van der Waals surface area contributed by atoms with Gasteiger partial charge in [-0.15, -0.1) is 0 Å². The van der Waals surface area contributed by atoms with Gasteiger partial charge in [0.25, 0.3) is 5.91 Å². The summed E-state index contributed by atoms with van der Waals surface area (Å²) in [7, 11) is 0. The maximum absolute atomic E-state index is 11.8. The number of aliphatic hydroxyl groups is 1. The van der Waals surface area contributed by atoms with Gasteiger partial charge in [0.15, 0.2) is 0 Å². The fourth-order valence-electron chi connectivity index (χ4n) is 2.00. The third kappa shape index (κ3) is 3.39. The predicted molar refractivity (Wildman–Crippen MR) is 71.3 cm³/mol. The Morgan fingerprint density at radius 3 is 3.05 bits per heavy atom. The lowest BCUT2D eigenvalue weighted by atomic mass is 10.0. The van der Waals surface area contributed by atoms with Crippen molar-refractivity contribution in [1.29, 1.82) is 0 Å². The quantitative estimate of drug-likeness (QED) is 0.660. The van der Waals surface area contributed by atoms with Gasteiger partial charge in [0.2, 0.25) is 0 Å². The second-order valence-electron chi connectivity index (χ2n) is 4.30. The average Bonchev–Trinajstić information content (AvgIpc) is 2.40. The second kappa shape index (κ2) is 6.45. The standard InChI is InChI=1S/C14H18N2O3/c1-2-19-12-3-4-13-10(8-12)7-11(14(18)16-13)9-15-5-6-17/h3-4,7-8,11,15,17H,2,5-6,9H2,1H3. The number of nitrogens with zero attached hydrogens (tertiary/aromatic N) is 1. The zero-order valence-electron chi connectivity index (χ0n) is 10.9. The van der Waals surface area contributed by atoms with Gasteiger partial charge < -0.3 is 15.2 Å². The van der Waals surface area contributed by atoms with Crippen molar-refractivity contribution in [3.05, 3.63) is 28.8 Å². The Labute approximate surface area is 111 Å². The maximum Gasteiger partial charge on any atom is 0.254 e. The van der Waals surface area contributed by atoms with E-state index < -0.39 is 0 Å². The van der Waals surface area contributed by atoms with Crippen LogP contribution in [0.1, 0.15) is 6.92 Å². The van der Waals surface area contributed by atoms with Crippen LogP contribution in [0.15, 0.2) is 23.2 Å². The van der Waals surface area contributed by atoms with E-state index in [2.05, 4.69) is 10.3 Å². The molecule has 2 rings (SSSR count). The summed E-state index contributed by atoms with van der Waals surface area (Å²) < 4.78 is 5.44. The van der Waals surface area contributed by atoms with E-state index in [-0.39, 0.29) is 18.4 Å². The van der Waals surface area contributed by atoms with Gasteiger partial charge in [0, 0.05) is 18.3 Å². The van der Waals surface area contributed by atoms with Gasteiger partial charge in [0.1, 0.15) is 5.75 Å². The Balaban J connectivity index is 2.23. The van der Waals surface area contributed by atoms with Crippen LogP contribution in [-0.2, 0) is 4.79 Å². The van der Waals surface area contributed by atoms with Crippen LogP contribution >= 0.6 is 0 Å². The Bertz CT molecular complexity index is 569. The molecule has 1 unspecified atom stereocenters. The molecular weight excluding hydrogens is 244 g/mol. The number of benzene rings is 1. The largest absolute Gasteiger partial charge is 0.494 e. The highest BCUT2D eigenvalue weighted by atomic mass is 16.5. The van der Waals surface area contributed by atoms with Crippen molar-refractivity contribution >= 4 is 12.0 Å². The van der Waals surface area contributed by atoms with E-state index in [0.717, 1.165) is 11.0 Å². The van der Waals surface area contributed by atoms with Gasteiger partial charge in [-0.2, -0.15) is 0 Å². The van der Waals surface area contributed by atoms with Crippen molar-refractivity contribution in [2.75, 3.05) is 26.3 Å². The summed E-state index contributed by atoms with van der Waals surface area (Å²) in [6.45, 7) is 3.56. The summed E-state index contributed by atoms with van der Waals surface area (Å²) in [5.41, 5.74) is 0. The van der Waals surface area contributed by atoms with Gasteiger partial charge in [-0.3, -0.25) is 4.79 Å². The SMILES string of the molecule is CCOc1ccc2c(c1)=CC(CNCCO)C(=O)N=2. The fourth-order valence-corrected chi connectivity index (χ4v) is 2.00. The number of hydrogen-bond donors (Lipinski definition) is 2. The molecule has 1 aliphatic heterocycles. The molecule has 0 saturated carbocycles. The molecule has 5 heteroatoms. The molecule has 0 radical (unpaired) electrons. The molecule has 1 amide bonds. The number of fused-ring (bicyclic) bond motifs is 1. The molecule has 1 aromatic carbocycles. The Morgan fingerprint density at radius 1 is 1.47 bits per heavy atom. The first-order valence-corrected chi connectivity index (χ1v) is 6.43. The van der Waals surface area contributed by atoms with Gasteiger partial charge in [-0.1, -0.05) is 6.08 Å². The molecule has 19 heavy (non-hydrogen) atoms. The molecule has 1 aromatic rings. The zero-order valence-corrected chi connectivity index (χ0v) is 10.9. The summed E-state index contributed by atoms with van der Waals surface area (Å²) in [4.78, 5) is 15.9. The van der Waals surface area contributed by atoms with Crippen LogP contribution in [0.3, 0.4) is 0 Å². The summed E-state index contributed by atoms with van der Waals surface area (Å²) in [6.07, 6.45) is 1.90. The van der Waals surface area contributed by atoms with E-state index in [1.807, 2.05) is 25.1 Å². The average molecular weight is 262 g/mol. The molecule has 0 aliphatic carbocycles. The Morgan fingerprint density at radius 2 is 2.32 bits per heavy atom. The highest BCUT2D eigenvalue weighted by Crippen LogP contribution is 2.07. The van der Waals surface area contributed by atoms with Crippen LogP contribution in [0.2, 0.25) is 0 Å². The monoisotopic (exact) mass is 262 g/mol. The van der Waals surface area contributed by atoms with Crippen molar-refractivity contribution in [3.8, 4) is 5.75 Å². The number of carbonyl (C=O) groups is 1. The maximum atomic E-state index is 11.8. The van der Waals surface area contributed by atoms with Crippen LogP contribution in [0, 0.1) is 5.92 Å². The van der Waals surface area contributed by atoms with Crippen molar-refractivity contribution in [3.63, 3.8) is 0 Å². The van der Waals surface area contributed by atoms with Crippen LogP contribution in [0.5, 0.6) is 5.75 Å². The number of aliphatic hydroxyl groups excluding tert-OH is 1. The van der Waals surface area contributed by atoms with Crippen molar-refractivity contribution in [2.24, 2.45) is 10.9 Å². The predicted octanol–water partition coefficient (Wildman–Crippen LogP) is -0.776. The molecule has 1 atom stereocenters. The lowest BCUT2D eigenvalue weighted by Gasteiger charge is -2.13. The second-order valence-corrected chi connectivity index (χ2v) is 4.30. The van der Waals surface area contributed by atoms with Crippen LogP contribution in [0.4, 0.5) is 0 Å². The van der Waals surface area contributed by atoms with Crippen LogP contribution in [0.25, 0.3) is 6.08 Å². The van der Waals surface area contributed by atoms with E-state index in [4.69, 9.17) is 9.84 Å². The topological polar surface area (TPSA) is 70.9 Å². The summed E-state index contributed by atoms with van der Waals surface area (Å²) in [5.74, 6) is 0.349. The molecular formula is C14H18N2O3. The number of amides is 1. The normalized spacial score (nSPS) is 17.4. The molecule has 102 valence electrons. The van der Waals surface area contributed by atoms with Gasteiger partial charge >= 0.3 is 0 Å². The minimum Gasteiger partial charge on any atom is -0.494 e. The molecule has 0 fully saturated rings. The number of rotatable bonds is 6. The van der Waals surface area contributed by atoms with Crippen molar-refractivity contribution in [1.82, 2.24) is 5.32 Å². The van der Waals surface area contributed by atoms with E-state index in [1.54, 1.807) is 6.07 Å². The smallest absolute Gasteiger partial charge is 0.254 e. The van der Waals surface area contributed by atoms with E-state index in [9.17, 15) is 4.79 Å². The van der Waals surface area contributed by atoms with Crippen LogP contribution in [-0.4, -0.2) is 37.3 Å². The minimum atomic E-state index is -0.282. The fraction of sp³-hybridized carbons (Fsp3) is 0.429. The summed E-state index contributed by atoms with van der Waals surface area (Å²) in [6, 6.07) is 5.51.